The summed E-state index contributed by atoms with van der Waals surface area (Å²) < 4.78 is 18.6. The molecule has 5 heteroatoms. The smallest absolute Gasteiger partial charge is 0.314 e. The summed E-state index contributed by atoms with van der Waals surface area (Å²) in [5, 5.41) is 18.4. The third-order valence-corrected chi connectivity index (χ3v) is 2.96. The molecule has 0 bridgehead atoms. The SMILES string of the molecule is COc1c(O)ccc(C2(C(=O)O)CC2)c1F. The summed E-state index contributed by atoms with van der Waals surface area (Å²) in [6.07, 6.45) is 0.820. The number of rotatable bonds is 3. The number of phenols is 1. The highest BCUT2D eigenvalue weighted by molar-refractivity contribution is 5.85. The second-order valence-corrected chi connectivity index (χ2v) is 3.87. The van der Waals surface area contributed by atoms with Gasteiger partial charge in [0.25, 0.3) is 0 Å². The van der Waals surface area contributed by atoms with E-state index in [1.807, 2.05) is 0 Å². The van der Waals surface area contributed by atoms with Crippen molar-refractivity contribution in [2.24, 2.45) is 0 Å². The number of halogens is 1. The van der Waals surface area contributed by atoms with Gasteiger partial charge >= 0.3 is 5.97 Å². The zero-order valence-electron chi connectivity index (χ0n) is 8.66. The molecule has 0 atom stereocenters. The zero-order chi connectivity index (χ0) is 11.9. The van der Waals surface area contributed by atoms with Crippen molar-refractivity contribution < 1.29 is 24.1 Å². The molecular weight excluding hydrogens is 215 g/mol. The topological polar surface area (TPSA) is 66.8 Å². The first-order valence-electron chi connectivity index (χ1n) is 4.82. The van der Waals surface area contributed by atoms with Gasteiger partial charge < -0.3 is 14.9 Å². The number of hydrogen-bond donors (Lipinski definition) is 2. The monoisotopic (exact) mass is 226 g/mol. The van der Waals surface area contributed by atoms with Gasteiger partial charge in [-0.05, 0) is 18.9 Å². The minimum absolute atomic E-state index is 0.0784. The lowest BCUT2D eigenvalue weighted by Gasteiger charge is -2.14. The van der Waals surface area contributed by atoms with Crippen molar-refractivity contribution in [1.29, 1.82) is 0 Å². The van der Waals surface area contributed by atoms with E-state index in [4.69, 9.17) is 9.84 Å². The number of methoxy groups -OCH3 is 1. The quantitative estimate of drug-likeness (QED) is 0.822. The van der Waals surface area contributed by atoms with Crippen LogP contribution in [0.5, 0.6) is 11.5 Å². The average molecular weight is 226 g/mol. The summed E-state index contributed by atoms with van der Waals surface area (Å²) in [4.78, 5) is 11.1. The molecule has 0 aliphatic heterocycles. The third-order valence-electron chi connectivity index (χ3n) is 2.96. The van der Waals surface area contributed by atoms with Crippen molar-refractivity contribution in [3.63, 3.8) is 0 Å². The maximum Gasteiger partial charge on any atom is 0.314 e. The van der Waals surface area contributed by atoms with E-state index in [-0.39, 0.29) is 17.1 Å². The number of hydrogen-bond acceptors (Lipinski definition) is 3. The summed E-state index contributed by atoms with van der Waals surface area (Å²) in [6.45, 7) is 0. The highest BCUT2D eigenvalue weighted by Gasteiger charge is 2.53. The molecule has 86 valence electrons. The average Bonchev–Trinajstić information content (AvgIpc) is 2.99. The van der Waals surface area contributed by atoms with E-state index in [0.717, 1.165) is 0 Å². The van der Waals surface area contributed by atoms with E-state index in [2.05, 4.69) is 0 Å². The van der Waals surface area contributed by atoms with Crippen molar-refractivity contribution >= 4 is 5.97 Å². The van der Waals surface area contributed by atoms with Crippen LogP contribution < -0.4 is 4.74 Å². The van der Waals surface area contributed by atoms with Gasteiger partial charge in [-0.15, -0.1) is 0 Å². The predicted molar refractivity (Wildman–Crippen MR) is 53.2 cm³/mol. The molecule has 0 amide bonds. The Bertz CT molecular complexity index is 452. The van der Waals surface area contributed by atoms with Gasteiger partial charge in [-0.1, -0.05) is 6.07 Å². The van der Waals surface area contributed by atoms with Crippen LogP contribution in [-0.2, 0) is 10.2 Å². The zero-order valence-corrected chi connectivity index (χ0v) is 8.66. The molecule has 1 aromatic rings. The number of carboxylic acids is 1. The highest BCUT2D eigenvalue weighted by atomic mass is 19.1. The van der Waals surface area contributed by atoms with Crippen LogP contribution in [0.2, 0.25) is 0 Å². The maximum atomic E-state index is 13.9. The number of aliphatic carboxylic acids is 1. The molecule has 1 aromatic carbocycles. The lowest BCUT2D eigenvalue weighted by molar-refractivity contribution is -0.140. The van der Waals surface area contributed by atoms with E-state index in [1.165, 1.54) is 19.2 Å². The van der Waals surface area contributed by atoms with Crippen molar-refractivity contribution in [3.05, 3.63) is 23.5 Å². The molecule has 1 aliphatic rings. The fraction of sp³-hybridized carbons (Fsp3) is 0.364. The van der Waals surface area contributed by atoms with Gasteiger partial charge in [0.05, 0.1) is 12.5 Å². The van der Waals surface area contributed by atoms with Crippen LogP contribution in [0.3, 0.4) is 0 Å². The fourth-order valence-electron chi connectivity index (χ4n) is 1.83. The van der Waals surface area contributed by atoms with Gasteiger partial charge in [-0.3, -0.25) is 4.79 Å². The summed E-state index contributed by atoms with van der Waals surface area (Å²) in [7, 11) is 1.22. The van der Waals surface area contributed by atoms with Gasteiger partial charge in [0.15, 0.2) is 17.3 Å². The highest BCUT2D eigenvalue weighted by Crippen LogP contribution is 2.51. The lowest BCUT2D eigenvalue weighted by atomic mass is 9.95. The normalized spacial score (nSPS) is 16.9. The largest absolute Gasteiger partial charge is 0.504 e. The van der Waals surface area contributed by atoms with Gasteiger partial charge in [0.2, 0.25) is 0 Å². The molecule has 0 unspecified atom stereocenters. The summed E-state index contributed by atoms with van der Waals surface area (Å²) in [5.41, 5.74) is -1.06. The Hall–Kier alpha value is -1.78. The van der Waals surface area contributed by atoms with E-state index in [1.54, 1.807) is 0 Å². The fourth-order valence-corrected chi connectivity index (χ4v) is 1.83. The van der Waals surface area contributed by atoms with E-state index in [0.29, 0.717) is 12.8 Å². The Morgan fingerprint density at radius 1 is 1.50 bits per heavy atom. The van der Waals surface area contributed by atoms with Gasteiger partial charge in [0.1, 0.15) is 0 Å². The van der Waals surface area contributed by atoms with Crippen LogP contribution in [0.15, 0.2) is 12.1 Å². The number of benzene rings is 1. The van der Waals surface area contributed by atoms with Crippen LogP contribution in [0.4, 0.5) is 4.39 Å². The minimum atomic E-state index is -1.13. The second kappa shape index (κ2) is 3.37. The Labute approximate surface area is 91.3 Å². The van der Waals surface area contributed by atoms with Crippen LogP contribution in [0.25, 0.3) is 0 Å². The molecular formula is C11H11FO4. The van der Waals surface area contributed by atoms with Crippen LogP contribution in [-0.4, -0.2) is 23.3 Å². The number of carbonyl (C=O) groups is 1. The molecule has 0 heterocycles. The molecule has 0 saturated heterocycles. The maximum absolute atomic E-state index is 13.9. The molecule has 2 N–H and O–H groups in total. The third kappa shape index (κ3) is 1.31. The summed E-state index contributed by atoms with van der Waals surface area (Å²) in [5.74, 6) is -2.46. The second-order valence-electron chi connectivity index (χ2n) is 3.87. The molecule has 16 heavy (non-hydrogen) atoms. The molecule has 0 radical (unpaired) electrons. The lowest BCUT2D eigenvalue weighted by Crippen LogP contribution is -2.21. The first kappa shape index (κ1) is 10.7. The van der Waals surface area contributed by atoms with E-state index < -0.39 is 17.2 Å². The number of carboxylic acid groups (broad SMARTS) is 1. The molecule has 0 aromatic heterocycles. The van der Waals surface area contributed by atoms with Gasteiger partial charge in [0, 0.05) is 5.56 Å². The molecule has 1 saturated carbocycles. The van der Waals surface area contributed by atoms with Crippen molar-refractivity contribution in [1.82, 2.24) is 0 Å². The summed E-state index contributed by atoms with van der Waals surface area (Å²) in [6, 6.07) is 2.55. The number of phenolic OH excluding ortho intramolecular Hbond substituents is 1. The predicted octanol–water partition coefficient (Wildman–Crippen LogP) is 1.66. The molecule has 4 nitrogen and oxygen atoms in total. The van der Waals surface area contributed by atoms with Crippen molar-refractivity contribution in [2.75, 3.05) is 7.11 Å². The van der Waals surface area contributed by atoms with Crippen molar-refractivity contribution in [3.8, 4) is 11.5 Å². The van der Waals surface area contributed by atoms with Crippen LogP contribution in [0, 0.1) is 5.82 Å². The molecule has 1 aliphatic carbocycles. The Morgan fingerprint density at radius 2 is 2.12 bits per heavy atom. The molecule has 1 fully saturated rings. The first-order chi connectivity index (χ1) is 7.53. The molecule has 2 rings (SSSR count). The Kier molecular flexibility index (Phi) is 2.26. The Morgan fingerprint density at radius 3 is 2.56 bits per heavy atom. The number of ether oxygens (including phenoxy) is 1. The minimum Gasteiger partial charge on any atom is -0.504 e. The number of aromatic hydroxyl groups is 1. The van der Waals surface area contributed by atoms with E-state index in [9.17, 15) is 14.3 Å². The standard InChI is InChI=1S/C11H11FO4/c1-16-9-7(13)3-2-6(8(9)12)11(4-5-11)10(14)15/h2-3,13H,4-5H2,1H3,(H,14,15). The van der Waals surface area contributed by atoms with Gasteiger partial charge in [-0.2, -0.15) is 0 Å². The Balaban J connectivity index is 2.55. The van der Waals surface area contributed by atoms with Gasteiger partial charge in [-0.25, -0.2) is 4.39 Å². The van der Waals surface area contributed by atoms with E-state index >= 15 is 0 Å². The van der Waals surface area contributed by atoms with Crippen LogP contribution in [0.1, 0.15) is 18.4 Å². The summed E-state index contributed by atoms with van der Waals surface area (Å²) >= 11 is 0. The first-order valence-corrected chi connectivity index (χ1v) is 4.82. The van der Waals surface area contributed by atoms with Crippen LogP contribution >= 0.6 is 0 Å². The molecule has 0 spiro atoms. The van der Waals surface area contributed by atoms with Crippen molar-refractivity contribution in [2.45, 2.75) is 18.3 Å².